The third-order valence-corrected chi connectivity index (χ3v) is 5.44. The van der Waals surface area contributed by atoms with Crippen molar-refractivity contribution in [3.05, 3.63) is 90.0 Å². The summed E-state index contributed by atoms with van der Waals surface area (Å²) in [6.07, 6.45) is 4.08. The van der Waals surface area contributed by atoms with Crippen LogP contribution in [0.2, 0.25) is 0 Å². The van der Waals surface area contributed by atoms with E-state index in [1.807, 2.05) is 0 Å². The number of aromatic nitrogens is 6. The first-order valence-electron chi connectivity index (χ1n) is 9.18. The van der Waals surface area contributed by atoms with Crippen LogP contribution in [0, 0.1) is 17.5 Å². The number of thioether (sulfide) groups is 1. The Morgan fingerprint density at radius 3 is 2.52 bits per heavy atom. The predicted molar refractivity (Wildman–Crippen MR) is 106 cm³/mol. The van der Waals surface area contributed by atoms with E-state index in [2.05, 4.69) is 20.2 Å². The van der Waals surface area contributed by atoms with Crippen LogP contribution in [0.5, 0.6) is 0 Å². The third kappa shape index (κ3) is 5.12. The molecule has 2 heterocycles. The van der Waals surface area contributed by atoms with Gasteiger partial charge in [-0.2, -0.15) is 5.10 Å². The smallest absolute Gasteiger partial charge is 0.208 e. The van der Waals surface area contributed by atoms with Gasteiger partial charge < -0.3 is 5.11 Å². The molecule has 160 valence electrons. The number of hydrogen-bond acceptors (Lipinski definition) is 6. The van der Waals surface area contributed by atoms with Crippen molar-refractivity contribution in [3.8, 4) is 0 Å². The summed E-state index contributed by atoms with van der Waals surface area (Å²) < 4.78 is 43.9. The topological polar surface area (TPSA) is 81.6 Å². The molecular weight excluding hydrogens is 429 g/mol. The fourth-order valence-corrected chi connectivity index (χ4v) is 3.89. The standard InChI is InChI=1S/C20H17F3N6OS/c21-15-3-1-2-14(6-15)8-31-19-25-13-29(27-19)10-20(30,9-28-12-24-11-26-28)17-5-4-16(22)7-18(17)23/h1-7,11-13,30H,8-10H2. The summed E-state index contributed by atoms with van der Waals surface area (Å²) in [6.45, 7) is -0.301. The van der Waals surface area contributed by atoms with Crippen LogP contribution in [0.25, 0.3) is 0 Å². The highest BCUT2D eigenvalue weighted by Crippen LogP contribution is 2.29. The molecule has 1 unspecified atom stereocenters. The largest absolute Gasteiger partial charge is 0.381 e. The van der Waals surface area contributed by atoms with Gasteiger partial charge in [0, 0.05) is 17.4 Å². The Hall–Kier alpha value is -3.18. The number of nitrogens with zero attached hydrogens (tertiary/aromatic N) is 6. The van der Waals surface area contributed by atoms with Crippen LogP contribution < -0.4 is 0 Å². The summed E-state index contributed by atoms with van der Waals surface area (Å²) in [4.78, 5) is 8.02. The highest BCUT2D eigenvalue weighted by molar-refractivity contribution is 7.98. The third-order valence-electron chi connectivity index (χ3n) is 4.52. The molecule has 7 nitrogen and oxygen atoms in total. The quantitative estimate of drug-likeness (QED) is 0.419. The number of hydrogen-bond donors (Lipinski definition) is 1. The van der Waals surface area contributed by atoms with E-state index >= 15 is 0 Å². The molecule has 1 N–H and O–H groups in total. The van der Waals surface area contributed by atoms with Crippen LogP contribution in [0.1, 0.15) is 11.1 Å². The number of aliphatic hydroxyl groups is 1. The van der Waals surface area contributed by atoms with Crippen LogP contribution >= 0.6 is 11.8 Å². The van der Waals surface area contributed by atoms with E-state index in [1.54, 1.807) is 12.1 Å². The monoisotopic (exact) mass is 446 g/mol. The first kappa shape index (κ1) is 21.1. The molecule has 0 fully saturated rings. The van der Waals surface area contributed by atoms with Gasteiger partial charge >= 0.3 is 0 Å². The molecule has 0 radical (unpaired) electrons. The predicted octanol–water partition coefficient (Wildman–Crippen LogP) is 3.17. The van der Waals surface area contributed by atoms with Gasteiger partial charge in [0.25, 0.3) is 0 Å². The van der Waals surface area contributed by atoms with E-state index in [4.69, 9.17) is 0 Å². The molecule has 4 rings (SSSR count). The second-order valence-electron chi connectivity index (χ2n) is 6.89. The lowest BCUT2D eigenvalue weighted by molar-refractivity contribution is -0.00878. The number of halogens is 3. The molecule has 1 atom stereocenters. The van der Waals surface area contributed by atoms with Crippen LogP contribution in [0.4, 0.5) is 13.2 Å². The Morgan fingerprint density at radius 1 is 0.968 bits per heavy atom. The minimum absolute atomic E-state index is 0.103. The Kier molecular flexibility index (Phi) is 6.05. The molecule has 0 saturated carbocycles. The van der Waals surface area contributed by atoms with Gasteiger partial charge in [0.05, 0.1) is 13.1 Å². The average Bonchev–Trinajstić information content (AvgIpc) is 3.38. The van der Waals surface area contributed by atoms with Gasteiger partial charge in [0.1, 0.15) is 42.0 Å². The minimum atomic E-state index is -1.80. The molecule has 4 aromatic rings. The lowest BCUT2D eigenvalue weighted by Gasteiger charge is -2.28. The first-order valence-corrected chi connectivity index (χ1v) is 10.2. The molecule has 0 aliphatic heterocycles. The van der Waals surface area contributed by atoms with Crippen molar-refractivity contribution in [1.29, 1.82) is 0 Å². The average molecular weight is 446 g/mol. The molecular formula is C20H17F3N6OS. The summed E-state index contributed by atoms with van der Waals surface area (Å²) in [5.41, 5.74) is -1.13. The fourth-order valence-electron chi connectivity index (χ4n) is 3.13. The zero-order chi connectivity index (χ0) is 21.8. The van der Waals surface area contributed by atoms with Crippen LogP contribution in [0.3, 0.4) is 0 Å². The Labute approximate surface area is 179 Å². The molecule has 0 spiro atoms. The number of rotatable bonds is 8. The summed E-state index contributed by atoms with van der Waals surface area (Å²) in [6, 6.07) is 9.19. The normalized spacial score (nSPS) is 13.3. The van der Waals surface area contributed by atoms with Crippen LogP contribution in [0.15, 0.2) is 66.6 Å². The van der Waals surface area contributed by atoms with Gasteiger partial charge in [0.2, 0.25) is 5.16 Å². The van der Waals surface area contributed by atoms with Crippen molar-refractivity contribution < 1.29 is 18.3 Å². The van der Waals surface area contributed by atoms with Gasteiger partial charge in [0.15, 0.2) is 0 Å². The maximum absolute atomic E-state index is 14.5. The molecule has 2 aromatic heterocycles. The van der Waals surface area contributed by atoms with Gasteiger partial charge in [-0.3, -0.25) is 0 Å². The Morgan fingerprint density at radius 2 is 1.77 bits per heavy atom. The SMILES string of the molecule is OC(Cn1cncn1)(Cn1cnc(SCc2cccc(F)c2)n1)c1ccc(F)cc1F. The fraction of sp³-hybridized carbons (Fsp3) is 0.200. The maximum atomic E-state index is 14.5. The van der Waals surface area contributed by atoms with E-state index in [0.29, 0.717) is 17.0 Å². The lowest BCUT2D eigenvalue weighted by Crippen LogP contribution is -2.37. The van der Waals surface area contributed by atoms with E-state index in [1.165, 1.54) is 58.3 Å². The molecule has 0 bridgehead atoms. The second-order valence-corrected chi connectivity index (χ2v) is 7.83. The van der Waals surface area contributed by atoms with E-state index in [0.717, 1.165) is 11.6 Å². The van der Waals surface area contributed by atoms with Crippen LogP contribution in [-0.2, 0) is 24.4 Å². The van der Waals surface area contributed by atoms with Crippen molar-refractivity contribution >= 4 is 11.8 Å². The highest BCUT2D eigenvalue weighted by atomic mass is 32.2. The van der Waals surface area contributed by atoms with Gasteiger partial charge in [-0.15, -0.1) is 5.10 Å². The molecule has 11 heteroatoms. The van der Waals surface area contributed by atoms with Crippen molar-refractivity contribution in [2.75, 3.05) is 0 Å². The van der Waals surface area contributed by atoms with E-state index < -0.39 is 17.2 Å². The molecule has 0 aliphatic rings. The maximum Gasteiger partial charge on any atom is 0.208 e. The minimum Gasteiger partial charge on any atom is -0.381 e. The van der Waals surface area contributed by atoms with E-state index in [-0.39, 0.29) is 24.5 Å². The zero-order valence-corrected chi connectivity index (χ0v) is 16.9. The number of benzene rings is 2. The Bertz CT molecular complexity index is 1170. The summed E-state index contributed by atoms with van der Waals surface area (Å²) >= 11 is 1.29. The van der Waals surface area contributed by atoms with Gasteiger partial charge in [-0.25, -0.2) is 32.5 Å². The molecule has 0 amide bonds. The first-order chi connectivity index (χ1) is 14.9. The van der Waals surface area contributed by atoms with Crippen molar-refractivity contribution in [3.63, 3.8) is 0 Å². The molecule has 0 saturated heterocycles. The second kappa shape index (κ2) is 8.90. The van der Waals surface area contributed by atoms with Gasteiger partial charge in [-0.05, 0) is 23.8 Å². The molecule has 31 heavy (non-hydrogen) atoms. The molecule has 2 aromatic carbocycles. The van der Waals surface area contributed by atoms with Crippen molar-refractivity contribution in [2.45, 2.75) is 29.6 Å². The molecule has 0 aliphatic carbocycles. The highest BCUT2D eigenvalue weighted by Gasteiger charge is 2.34. The lowest BCUT2D eigenvalue weighted by atomic mass is 9.93. The van der Waals surface area contributed by atoms with Gasteiger partial charge in [-0.1, -0.05) is 30.0 Å². The summed E-state index contributed by atoms with van der Waals surface area (Å²) in [5.74, 6) is -1.50. The van der Waals surface area contributed by atoms with Crippen molar-refractivity contribution in [2.24, 2.45) is 0 Å². The Balaban J connectivity index is 1.54. The zero-order valence-electron chi connectivity index (χ0n) is 16.1. The van der Waals surface area contributed by atoms with E-state index in [9.17, 15) is 18.3 Å². The summed E-state index contributed by atoms with van der Waals surface area (Å²) in [5, 5.41) is 20.0. The van der Waals surface area contributed by atoms with Crippen molar-refractivity contribution in [1.82, 2.24) is 29.5 Å². The summed E-state index contributed by atoms with van der Waals surface area (Å²) in [7, 11) is 0. The van der Waals surface area contributed by atoms with Crippen LogP contribution in [-0.4, -0.2) is 34.6 Å².